The predicted octanol–water partition coefficient (Wildman–Crippen LogP) is 4.00. The number of para-hydroxylation sites is 1. The molecule has 186 valence electrons. The van der Waals surface area contributed by atoms with Gasteiger partial charge in [0.15, 0.2) is 0 Å². The molecule has 0 fully saturated rings. The Morgan fingerprint density at radius 1 is 1.03 bits per heavy atom. The summed E-state index contributed by atoms with van der Waals surface area (Å²) in [7, 11) is -3.76. The molecular weight excluding hydrogens is 474 g/mol. The van der Waals surface area contributed by atoms with E-state index in [-0.39, 0.29) is 18.5 Å². The Bertz CT molecular complexity index is 1090. The first-order valence-corrected chi connectivity index (χ1v) is 13.6. The number of nitrogens with one attached hydrogen (secondary N) is 1. The topological polar surface area (TPSA) is 86.8 Å². The molecule has 0 bridgehead atoms. The minimum absolute atomic E-state index is 0.0496. The van der Waals surface area contributed by atoms with E-state index in [0.717, 1.165) is 28.1 Å². The standard InChI is InChI=1S/C25H34ClN3O4S/c1-6-18(3)27-25(31)19(4)28(16-20-12-14-22(26)15-13-20)24(30)17-29(34(5,32)33)23-11-9-8-10-21(23)7-2/h8-15,18-19H,6-7,16-17H2,1-5H3,(H,27,31)/t18-,19+/m1/s1. The Kier molecular flexibility index (Phi) is 9.94. The number of amides is 2. The second-order valence-electron chi connectivity index (χ2n) is 8.39. The average Bonchev–Trinajstić information content (AvgIpc) is 2.80. The Hall–Kier alpha value is -2.58. The largest absolute Gasteiger partial charge is 0.352 e. The molecule has 34 heavy (non-hydrogen) atoms. The Balaban J connectivity index is 2.41. The molecule has 0 aliphatic rings. The fourth-order valence-electron chi connectivity index (χ4n) is 3.48. The van der Waals surface area contributed by atoms with E-state index in [1.807, 2.05) is 32.9 Å². The van der Waals surface area contributed by atoms with Gasteiger partial charge in [-0.2, -0.15) is 0 Å². The molecular formula is C25H34ClN3O4S. The molecule has 1 N–H and O–H groups in total. The Labute approximate surface area is 208 Å². The van der Waals surface area contributed by atoms with E-state index in [1.54, 1.807) is 43.3 Å². The molecule has 2 rings (SSSR count). The van der Waals surface area contributed by atoms with Gasteiger partial charge in [0.25, 0.3) is 0 Å². The van der Waals surface area contributed by atoms with Crippen LogP contribution in [0.3, 0.4) is 0 Å². The molecule has 0 spiro atoms. The molecule has 0 aliphatic heterocycles. The molecule has 0 aliphatic carbocycles. The van der Waals surface area contributed by atoms with Gasteiger partial charge in [-0.25, -0.2) is 8.42 Å². The highest BCUT2D eigenvalue weighted by Crippen LogP contribution is 2.24. The number of halogens is 1. The van der Waals surface area contributed by atoms with Crippen molar-refractivity contribution in [1.82, 2.24) is 10.2 Å². The molecule has 0 heterocycles. The summed E-state index contributed by atoms with van der Waals surface area (Å²) in [5, 5.41) is 3.47. The van der Waals surface area contributed by atoms with E-state index in [1.165, 1.54) is 4.90 Å². The zero-order valence-electron chi connectivity index (χ0n) is 20.4. The molecule has 0 saturated heterocycles. The lowest BCUT2D eigenvalue weighted by molar-refractivity contribution is -0.139. The van der Waals surface area contributed by atoms with Gasteiger partial charge >= 0.3 is 0 Å². The number of sulfonamides is 1. The van der Waals surface area contributed by atoms with Crippen molar-refractivity contribution in [1.29, 1.82) is 0 Å². The van der Waals surface area contributed by atoms with Crippen LogP contribution >= 0.6 is 11.6 Å². The molecule has 0 saturated carbocycles. The van der Waals surface area contributed by atoms with Crippen LogP contribution in [0.25, 0.3) is 0 Å². The third kappa shape index (κ3) is 7.46. The van der Waals surface area contributed by atoms with Crippen LogP contribution in [0.2, 0.25) is 5.02 Å². The van der Waals surface area contributed by atoms with Crippen LogP contribution in [0.1, 0.15) is 45.2 Å². The molecule has 0 aromatic heterocycles. The maximum Gasteiger partial charge on any atom is 0.244 e. The van der Waals surface area contributed by atoms with Crippen molar-refractivity contribution in [2.24, 2.45) is 0 Å². The lowest BCUT2D eigenvalue weighted by Gasteiger charge is -2.32. The highest BCUT2D eigenvalue weighted by molar-refractivity contribution is 7.92. The maximum atomic E-state index is 13.6. The van der Waals surface area contributed by atoms with Crippen molar-refractivity contribution in [2.75, 3.05) is 17.1 Å². The lowest BCUT2D eigenvalue weighted by atomic mass is 10.1. The first-order valence-electron chi connectivity index (χ1n) is 11.4. The highest BCUT2D eigenvalue weighted by Gasteiger charge is 2.31. The van der Waals surface area contributed by atoms with Crippen LogP contribution in [0.5, 0.6) is 0 Å². The summed E-state index contributed by atoms with van der Waals surface area (Å²) in [6.45, 7) is 7.15. The third-order valence-electron chi connectivity index (χ3n) is 5.75. The average molecular weight is 508 g/mol. The smallest absolute Gasteiger partial charge is 0.244 e. The van der Waals surface area contributed by atoms with E-state index < -0.39 is 28.5 Å². The number of hydrogen-bond donors (Lipinski definition) is 1. The van der Waals surface area contributed by atoms with Gasteiger partial charge in [-0.3, -0.25) is 13.9 Å². The summed E-state index contributed by atoms with van der Waals surface area (Å²) in [5.41, 5.74) is 2.05. The minimum Gasteiger partial charge on any atom is -0.352 e. The van der Waals surface area contributed by atoms with Crippen molar-refractivity contribution < 1.29 is 18.0 Å². The van der Waals surface area contributed by atoms with Gasteiger partial charge in [0, 0.05) is 17.6 Å². The number of hydrogen-bond acceptors (Lipinski definition) is 4. The first kappa shape index (κ1) is 27.7. The van der Waals surface area contributed by atoms with Crippen molar-refractivity contribution in [3.8, 4) is 0 Å². The van der Waals surface area contributed by atoms with E-state index >= 15 is 0 Å². The fourth-order valence-corrected chi connectivity index (χ4v) is 4.49. The van der Waals surface area contributed by atoms with Crippen LogP contribution in [-0.2, 0) is 32.6 Å². The summed E-state index contributed by atoms with van der Waals surface area (Å²) < 4.78 is 26.5. The predicted molar refractivity (Wildman–Crippen MR) is 137 cm³/mol. The van der Waals surface area contributed by atoms with Gasteiger partial charge in [-0.05, 0) is 56.0 Å². The number of anilines is 1. The van der Waals surface area contributed by atoms with Gasteiger partial charge in [0.1, 0.15) is 12.6 Å². The number of nitrogens with zero attached hydrogens (tertiary/aromatic N) is 2. The number of benzene rings is 2. The molecule has 2 atom stereocenters. The van der Waals surface area contributed by atoms with Gasteiger partial charge < -0.3 is 10.2 Å². The molecule has 0 unspecified atom stereocenters. The second kappa shape index (κ2) is 12.2. The summed E-state index contributed by atoms with van der Waals surface area (Å²) in [6.07, 6.45) is 2.44. The number of rotatable bonds is 11. The zero-order chi connectivity index (χ0) is 25.5. The molecule has 0 radical (unpaired) electrons. The number of carbonyl (C=O) groups is 2. The highest BCUT2D eigenvalue weighted by atomic mass is 35.5. The third-order valence-corrected chi connectivity index (χ3v) is 7.13. The normalized spacial score (nSPS) is 13.1. The Morgan fingerprint density at radius 3 is 2.21 bits per heavy atom. The zero-order valence-corrected chi connectivity index (χ0v) is 22.0. The van der Waals surface area contributed by atoms with Gasteiger partial charge in [-0.15, -0.1) is 0 Å². The summed E-state index contributed by atoms with van der Waals surface area (Å²) in [6, 6.07) is 13.2. The van der Waals surface area contributed by atoms with Crippen LogP contribution in [0, 0.1) is 0 Å². The quantitative estimate of drug-likeness (QED) is 0.498. The van der Waals surface area contributed by atoms with E-state index in [9.17, 15) is 18.0 Å². The van der Waals surface area contributed by atoms with Gasteiger partial charge in [0.05, 0.1) is 11.9 Å². The number of aryl methyl sites for hydroxylation is 1. The Morgan fingerprint density at radius 2 is 1.65 bits per heavy atom. The van der Waals surface area contributed by atoms with Crippen molar-refractivity contribution in [3.05, 3.63) is 64.7 Å². The monoisotopic (exact) mass is 507 g/mol. The summed E-state index contributed by atoms with van der Waals surface area (Å²) in [4.78, 5) is 27.9. The molecule has 2 amide bonds. The van der Waals surface area contributed by atoms with Gasteiger partial charge in [-0.1, -0.05) is 55.8 Å². The van der Waals surface area contributed by atoms with Crippen LogP contribution < -0.4 is 9.62 Å². The summed E-state index contributed by atoms with van der Waals surface area (Å²) in [5.74, 6) is -0.769. The minimum atomic E-state index is -3.76. The van der Waals surface area contributed by atoms with E-state index in [0.29, 0.717) is 17.1 Å². The van der Waals surface area contributed by atoms with E-state index in [4.69, 9.17) is 11.6 Å². The van der Waals surface area contributed by atoms with Gasteiger partial charge in [0.2, 0.25) is 21.8 Å². The molecule has 9 heteroatoms. The van der Waals surface area contributed by atoms with Crippen molar-refractivity contribution in [3.63, 3.8) is 0 Å². The first-order chi connectivity index (χ1) is 16.0. The maximum absolute atomic E-state index is 13.6. The van der Waals surface area contributed by atoms with Crippen LogP contribution in [0.4, 0.5) is 5.69 Å². The SMILES string of the molecule is CCc1ccccc1N(CC(=O)N(Cc1ccc(Cl)cc1)[C@@H](C)C(=O)N[C@H](C)CC)S(C)(=O)=O. The fraction of sp³-hybridized carbons (Fsp3) is 0.440. The number of carbonyl (C=O) groups excluding carboxylic acids is 2. The van der Waals surface area contributed by atoms with Crippen molar-refractivity contribution >= 4 is 39.1 Å². The van der Waals surface area contributed by atoms with E-state index in [2.05, 4.69) is 5.32 Å². The lowest BCUT2D eigenvalue weighted by Crippen LogP contribution is -2.52. The molecule has 2 aromatic rings. The summed E-state index contributed by atoms with van der Waals surface area (Å²) >= 11 is 5.99. The molecule has 2 aromatic carbocycles. The molecule has 7 nitrogen and oxygen atoms in total. The van der Waals surface area contributed by atoms with Crippen LogP contribution in [-0.4, -0.2) is 50.0 Å². The van der Waals surface area contributed by atoms with Crippen molar-refractivity contribution in [2.45, 2.75) is 59.2 Å². The second-order valence-corrected chi connectivity index (χ2v) is 10.7. The van der Waals surface area contributed by atoms with Crippen LogP contribution in [0.15, 0.2) is 48.5 Å².